The van der Waals surface area contributed by atoms with Crippen molar-refractivity contribution < 1.29 is 17.9 Å². The van der Waals surface area contributed by atoms with Crippen LogP contribution in [0.5, 0.6) is 0 Å². The van der Waals surface area contributed by atoms with E-state index in [1.807, 2.05) is 26.8 Å². The molecule has 0 aromatic heterocycles. The number of alkyl halides is 1. The van der Waals surface area contributed by atoms with Crippen LogP contribution >= 0.6 is 15.9 Å². The van der Waals surface area contributed by atoms with Crippen molar-refractivity contribution in [3.05, 3.63) is 29.8 Å². The summed E-state index contributed by atoms with van der Waals surface area (Å²) in [5.41, 5.74) is 0.376. The number of amides is 1. The maximum atomic E-state index is 12.9. The average molecular weight is 447 g/mol. The Kier molecular flexibility index (Phi) is 6.74. The van der Waals surface area contributed by atoms with Gasteiger partial charge < -0.3 is 9.64 Å². The van der Waals surface area contributed by atoms with E-state index in [0.29, 0.717) is 36.2 Å². The zero-order valence-corrected chi connectivity index (χ0v) is 18.1. The average Bonchev–Trinajstić information content (AvgIpc) is 2.59. The molecule has 1 amide bonds. The van der Waals surface area contributed by atoms with Crippen LogP contribution in [0.15, 0.2) is 29.2 Å². The topological polar surface area (TPSA) is 66.9 Å². The second kappa shape index (κ2) is 8.27. The first kappa shape index (κ1) is 21.2. The van der Waals surface area contributed by atoms with Gasteiger partial charge in [-0.2, -0.15) is 4.31 Å². The maximum absolute atomic E-state index is 12.9. The van der Waals surface area contributed by atoms with Crippen molar-refractivity contribution in [3.63, 3.8) is 0 Å². The molecule has 0 spiro atoms. The van der Waals surface area contributed by atoms with E-state index in [2.05, 4.69) is 15.9 Å². The van der Waals surface area contributed by atoms with E-state index in [1.165, 1.54) is 4.31 Å². The molecule has 1 aliphatic rings. The summed E-state index contributed by atoms with van der Waals surface area (Å²) >= 11 is 3.35. The molecule has 1 aromatic rings. The minimum atomic E-state index is -3.52. The first-order valence-corrected chi connectivity index (χ1v) is 11.2. The third-order valence-corrected chi connectivity index (χ3v) is 6.89. The second-order valence-corrected chi connectivity index (χ2v) is 10.0. The number of halogens is 1. The molecular weight excluding hydrogens is 420 g/mol. The highest BCUT2D eigenvalue weighted by molar-refractivity contribution is 9.08. The smallest absolute Gasteiger partial charge is 0.410 e. The second-order valence-electron chi connectivity index (χ2n) is 7.51. The fourth-order valence-corrected chi connectivity index (χ4v) is 4.78. The number of ether oxygens (including phenoxy) is 1. The van der Waals surface area contributed by atoms with Crippen LogP contribution in [0.3, 0.4) is 0 Å². The molecule has 0 N–H and O–H groups in total. The van der Waals surface area contributed by atoms with Gasteiger partial charge in [0, 0.05) is 31.5 Å². The first-order chi connectivity index (χ1) is 12.0. The number of benzene rings is 1. The fourth-order valence-electron chi connectivity index (χ4n) is 2.89. The minimum absolute atomic E-state index is 0.0230. The third kappa shape index (κ3) is 5.20. The van der Waals surface area contributed by atoms with Gasteiger partial charge in [0.1, 0.15) is 5.60 Å². The van der Waals surface area contributed by atoms with Crippen LogP contribution in [0.2, 0.25) is 0 Å². The minimum Gasteiger partial charge on any atom is -0.444 e. The molecule has 6 nitrogen and oxygen atoms in total. The Balaban J connectivity index is 2.02. The number of carbonyl (C=O) groups excluding carboxylic acids is 1. The van der Waals surface area contributed by atoms with Gasteiger partial charge in [-0.25, -0.2) is 13.2 Å². The van der Waals surface area contributed by atoms with E-state index in [-0.39, 0.29) is 12.1 Å². The summed E-state index contributed by atoms with van der Waals surface area (Å²) in [6.07, 6.45) is 0.809. The lowest BCUT2D eigenvalue weighted by Crippen LogP contribution is -2.48. The van der Waals surface area contributed by atoms with Crippen molar-refractivity contribution in [1.82, 2.24) is 9.21 Å². The van der Waals surface area contributed by atoms with Crippen LogP contribution in [0.4, 0.5) is 4.79 Å². The van der Waals surface area contributed by atoms with Crippen LogP contribution in [-0.2, 0) is 20.1 Å². The molecule has 1 heterocycles. The van der Waals surface area contributed by atoms with E-state index in [4.69, 9.17) is 4.74 Å². The summed E-state index contributed by atoms with van der Waals surface area (Å²) in [5, 5.41) is 0.610. The molecule has 0 aliphatic carbocycles. The quantitative estimate of drug-likeness (QED) is 0.662. The van der Waals surface area contributed by atoms with Crippen LogP contribution in [-0.4, -0.2) is 55.5 Å². The molecule has 2 rings (SSSR count). The number of hydrogen-bond donors (Lipinski definition) is 0. The highest BCUT2D eigenvalue weighted by Gasteiger charge is 2.33. The van der Waals surface area contributed by atoms with Gasteiger partial charge in [-0.05, 0) is 51.3 Å². The molecule has 1 aliphatic heterocycles. The van der Waals surface area contributed by atoms with Gasteiger partial charge in [-0.1, -0.05) is 28.1 Å². The molecule has 0 unspecified atom stereocenters. The van der Waals surface area contributed by atoms with Crippen LogP contribution in [0.25, 0.3) is 0 Å². The molecule has 1 fully saturated rings. The van der Waals surface area contributed by atoms with Gasteiger partial charge in [0.05, 0.1) is 4.90 Å². The summed E-state index contributed by atoms with van der Waals surface area (Å²) in [6.45, 7) is 6.26. The Labute approximate surface area is 164 Å². The summed E-state index contributed by atoms with van der Waals surface area (Å²) in [4.78, 5) is 14.1. The van der Waals surface area contributed by atoms with Crippen molar-refractivity contribution in [2.24, 2.45) is 0 Å². The molecular formula is C18H27BrN2O4S. The molecule has 26 heavy (non-hydrogen) atoms. The Hall–Kier alpha value is -1.12. The first-order valence-electron chi connectivity index (χ1n) is 8.65. The Morgan fingerprint density at radius 3 is 2.46 bits per heavy atom. The van der Waals surface area contributed by atoms with Crippen LogP contribution < -0.4 is 0 Å². The van der Waals surface area contributed by atoms with Gasteiger partial charge in [-0.15, -0.1) is 0 Å². The summed E-state index contributed by atoms with van der Waals surface area (Å²) in [5.74, 6) is 0. The van der Waals surface area contributed by atoms with Gasteiger partial charge >= 0.3 is 6.09 Å². The number of sulfonamides is 1. The van der Waals surface area contributed by atoms with E-state index in [0.717, 1.165) is 5.56 Å². The molecule has 1 aromatic carbocycles. The number of hydrogen-bond acceptors (Lipinski definition) is 4. The summed E-state index contributed by atoms with van der Waals surface area (Å²) in [7, 11) is -1.80. The molecule has 1 saturated heterocycles. The SMILES string of the molecule is CN(C(=O)OC(C)(C)C)C1CCN(S(=O)(=O)c2cccc(CBr)c2)CC1. The summed E-state index contributed by atoms with van der Waals surface area (Å²) < 4.78 is 32.6. The van der Waals surface area contributed by atoms with Gasteiger partial charge in [0.25, 0.3) is 0 Å². The van der Waals surface area contributed by atoms with Gasteiger partial charge in [0.15, 0.2) is 0 Å². The van der Waals surface area contributed by atoms with Crippen molar-refractivity contribution >= 4 is 32.0 Å². The van der Waals surface area contributed by atoms with E-state index in [1.54, 1.807) is 30.1 Å². The van der Waals surface area contributed by atoms with Crippen LogP contribution in [0, 0.1) is 0 Å². The molecule has 146 valence electrons. The van der Waals surface area contributed by atoms with Gasteiger partial charge in [0.2, 0.25) is 10.0 Å². The van der Waals surface area contributed by atoms with Crippen molar-refractivity contribution in [2.45, 2.75) is 55.5 Å². The van der Waals surface area contributed by atoms with E-state index < -0.39 is 15.6 Å². The predicted octanol–water partition coefficient (Wildman–Crippen LogP) is 3.60. The molecule has 0 radical (unpaired) electrons. The number of rotatable bonds is 4. The number of nitrogens with zero attached hydrogens (tertiary/aromatic N) is 2. The predicted molar refractivity (Wildman–Crippen MR) is 105 cm³/mol. The van der Waals surface area contributed by atoms with Crippen molar-refractivity contribution in [1.29, 1.82) is 0 Å². The lowest BCUT2D eigenvalue weighted by molar-refractivity contribution is 0.0178. The molecule has 0 atom stereocenters. The van der Waals surface area contributed by atoms with E-state index >= 15 is 0 Å². The normalized spacial score (nSPS) is 17.1. The lowest BCUT2D eigenvalue weighted by Gasteiger charge is -2.36. The largest absolute Gasteiger partial charge is 0.444 e. The van der Waals surface area contributed by atoms with Gasteiger partial charge in [-0.3, -0.25) is 0 Å². The van der Waals surface area contributed by atoms with Crippen molar-refractivity contribution in [2.75, 3.05) is 20.1 Å². The fraction of sp³-hybridized carbons (Fsp3) is 0.611. The highest BCUT2D eigenvalue weighted by Crippen LogP contribution is 2.24. The van der Waals surface area contributed by atoms with Crippen LogP contribution in [0.1, 0.15) is 39.2 Å². The Bertz CT molecular complexity index is 738. The number of carbonyl (C=O) groups is 1. The molecule has 0 saturated carbocycles. The maximum Gasteiger partial charge on any atom is 0.410 e. The number of piperidine rings is 1. The molecule has 0 bridgehead atoms. The lowest BCUT2D eigenvalue weighted by atomic mass is 10.1. The zero-order valence-electron chi connectivity index (χ0n) is 15.7. The monoisotopic (exact) mass is 446 g/mol. The summed E-state index contributed by atoms with van der Waals surface area (Å²) in [6, 6.07) is 6.94. The standard InChI is InChI=1S/C18H27BrN2O4S/c1-18(2,3)25-17(22)20(4)15-8-10-21(11-9-15)26(23,24)16-7-5-6-14(12-16)13-19/h5-7,12,15H,8-11,13H2,1-4H3. The van der Waals surface area contributed by atoms with E-state index in [9.17, 15) is 13.2 Å². The van der Waals surface area contributed by atoms with Crippen molar-refractivity contribution in [3.8, 4) is 0 Å². The Morgan fingerprint density at radius 1 is 1.31 bits per heavy atom. The highest BCUT2D eigenvalue weighted by atomic mass is 79.9. The zero-order chi connectivity index (χ0) is 19.5. The Morgan fingerprint density at radius 2 is 1.92 bits per heavy atom. The third-order valence-electron chi connectivity index (χ3n) is 4.34. The molecule has 8 heteroatoms.